The predicted octanol–water partition coefficient (Wildman–Crippen LogP) is 4.54. The number of benzene rings is 1. The van der Waals surface area contributed by atoms with Crippen molar-refractivity contribution in [2.45, 2.75) is 65.2 Å². The average molecular weight is 379 g/mol. The minimum absolute atomic E-state index is 0.0286. The summed E-state index contributed by atoms with van der Waals surface area (Å²) in [6.07, 6.45) is 8.20. The Morgan fingerprint density at radius 1 is 1.21 bits per heavy atom. The molecule has 0 aliphatic heterocycles. The number of aromatic nitrogens is 2. The maximum Gasteiger partial charge on any atom is 0.225 e. The van der Waals surface area contributed by atoms with Crippen molar-refractivity contribution in [2.75, 3.05) is 11.1 Å². The topological polar surface area (TPSA) is 80.9 Å². The second-order valence-electron chi connectivity index (χ2n) is 8.73. The number of nitrogens with zero attached hydrogens (tertiary/aromatic N) is 2. The van der Waals surface area contributed by atoms with Crippen molar-refractivity contribution in [1.29, 1.82) is 0 Å². The van der Waals surface area contributed by atoms with E-state index in [-0.39, 0.29) is 5.91 Å². The molecule has 0 radical (unpaired) electrons. The highest BCUT2D eigenvalue weighted by Crippen LogP contribution is 2.35. The molecule has 4 rings (SSSR count). The summed E-state index contributed by atoms with van der Waals surface area (Å²) in [5.41, 5.74) is 12.0. The number of amides is 1. The first-order valence-electron chi connectivity index (χ1n) is 10.6. The summed E-state index contributed by atoms with van der Waals surface area (Å²) in [5, 5.41) is 3.07. The second kappa shape index (κ2) is 7.90. The van der Waals surface area contributed by atoms with Crippen molar-refractivity contribution in [3.63, 3.8) is 0 Å². The van der Waals surface area contributed by atoms with Crippen LogP contribution in [0.2, 0.25) is 0 Å². The van der Waals surface area contributed by atoms with Gasteiger partial charge >= 0.3 is 0 Å². The van der Waals surface area contributed by atoms with Gasteiger partial charge in [-0.2, -0.15) is 0 Å². The van der Waals surface area contributed by atoms with Gasteiger partial charge in [0.25, 0.3) is 0 Å². The predicted molar refractivity (Wildman–Crippen MR) is 113 cm³/mol. The molecule has 148 valence electrons. The zero-order valence-corrected chi connectivity index (χ0v) is 16.9. The minimum atomic E-state index is 0.0286. The number of rotatable bonds is 5. The lowest BCUT2D eigenvalue weighted by molar-refractivity contribution is -0.116. The standard InChI is InChI=1S/C23H30N4O/c1-14(2)11-21(28)27-23-20(12-15-5-3-4-6-15)25-22-18-9-8-17(24)13-16(18)7-10-19(22)26-23/h8-9,13-15H,3-7,10-12,24H2,1-2H3,(H,26,27,28). The largest absolute Gasteiger partial charge is 0.399 e. The fourth-order valence-electron chi connectivity index (χ4n) is 4.48. The normalized spacial score (nSPS) is 16.1. The molecule has 1 amide bonds. The summed E-state index contributed by atoms with van der Waals surface area (Å²) in [5.74, 6) is 1.67. The molecule has 0 bridgehead atoms. The van der Waals surface area contributed by atoms with Crippen LogP contribution in [0.1, 0.15) is 62.9 Å². The number of carbonyl (C=O) groups excluding carboxylic acids is 1. The highest BCUT2D eigenvalue weighted by atomic mass is 16.1. The van der Waals surface area contributed by atoms with Crippen molar-refractivity contribution >= 4 is 17.4 Å². The van der Waals surface area contributed by atoms with Gasteiger partial charge in [0.2, 0.25) is 5.91 Å². The van der Waals surface area contributed by atoms with E-state index in [1.165, 1.54) is 31.2 Å². The molecular formula is C23H30N4O. The molecule has 1 aromatic heterocycles. The van der Waals surface area contributed by atoms with Crippen molar-refractivity contribution in [3.8, 4) is 11.3 Å². The third kappa shape index (κ3) is 4.03. The van der Waals surface area contributed by atoms with Gasteiger partial charge in [-0.25, -0.2) is 9.97 Å². The summed E-state index contributed by atoms with van der Waals surface area (Å²) < 4.78 is 0. The lowest BCUT2D eigenvalue weighted by atomic mass is 9.91. The van der Waals surface area contributed by atoms with Gasteiger partial charge in [-0.15, -0.1) is 0 Å². The Morgan fingerprint density at radius 2 is 2.00 bits per heavy atom. The third-order valence-corrected chi connectivity index (χ3v) is 5.86. The van der Waals surface area contributed by atoms with Crippen molar-refractivity contribution in [1.82, 2.24) is 9.97 Å². The van der Waals surface area contributed by atoms with E-state index in [1.807, 2.05) is 6.07 Å². The Morgan fingerprint density at radius 3 is 2.75 bits per heavy atom. The molecule has 2 aliphatic carbocycles. The Hall–Kier alpha value is -2.43. The average Bonchev–Trinajstić information content (AvgIpc) is 3.14. The van der Waals surface area contributed by atoms with E-state index in [0.717, 1.165) is 47.6 Å². The molecule has 1 fully saturated rings. The van der Waals surface area contributed by atoms with Crippen LogP contribution in [0.15, 0.2) is 18.2 Å². The minimum Gasteiger partial charge on any atom is -0.399 e. The second-order valence-corrected chi connectivity index (χ2v) is 8.73. The molecule has 1 heterocycles. The molecule has 5 heteroatoms. The number of nitrogen functional groups attached to an aromatic ring is 1. The van der Waals surface area contributed by atoms with Crippen molar-refractivity contribution in [2.24, 2.45) is 11.8 Å². The molecule has 0 unspecified atom stereocenters. The Balaban J connectivity index is 1.71. The SMILES string of the molecule is CC(C)CC(=O)Nc1nc2c(nc1CC1CCCC1)-c1ccc(N)cc1CC2. The number of nitrogens with one attached hydrogen (secondary N) is 1. The number of hydrogen-bond acceptors (Lipinski definition) is 4. The van der Waals surface area contributed by atoms with E-state index >= 15 is 0 Å². The smallest absolute Gasteiger partial charge is 0.225 e. The van der Waals surface area contributed by atoms with Crippen LogP contribution in [-0.2, 0) is 24.1 Å². The van der Waals surface area contributed by atoms with Crippen LogP contribution < -0.4 is 11.1 Å². The van der Waals surface area contributed by atoms with E-state index < -0.39 is 0 Å². The molecule has 0 saturated heterocycles. The van der Waals surface area contributed by atoms with E-state index in [9.17, 15) is 4.79 Å². The van der Waals surface area contributed by atoms with Crippen LogP contribution >= 0.6 is 0 Å². The van der Waals surface area contributed by atoms with Gasteiger partial charge in [-0.1, -0.05) is 45.6 Å². The first kappa shape index (κ1) is 18.9. The van der Waals surface area contributed by atoms with Crippen LogP contribution in [0, 0.1) is 11.8 Å². The third-order valence-electron chi connectivity index (χ3n) is 5.86. The van der Waals surface area contributed by atoms with Crippen LogP contribution in [0.4, 0.5) is 11.5 Å². The highest BCUT2D eigenvalue weighted by Gasteiger charge is 2.25. The summed E-state index contributed by atoms with van der Waals surface area (Å²) in [6, 6.07) is 6.05. The van der Waals surface area contributed by atoms with Crippen LogP contribution in [0.25, 0.3) is 11.3 Å². The molecule has 5 nitrogen and oxygen atoms in total. The molecule has 1 saturated carbocycles. The molecule has 28 heavy (non-hydrogen) atoms. The molecule has 1 aromatic carbocycles. The first-order chi connectivity index (χ1) is 13.5. The van der Waals surface area contributed by atoms with Crippen molar-refractivity contribution < 1.29 is 4.79 Å². The fourth-order valence-corrected chi connectivity index (χ4v) is 4.48. The van der Waals surface area contributed by atoms with Gasteiger partial charge < -0.3 is 11.1 Å². The molecule has 0 spiro atoms. The molecule has 3 N–H and O–H groups in total. The van der Waals surface area contributed by atoms with Gasteiger partial charge in [0.1, 0.15) is 0 Å². The molecular weight excluding hydrogens is 348 g/mol. The van der Waals surface area contributed by atoms with Crippen LogP contribution in [0.3, 0.4) is 0 Å². The number of anilines is 2. The number of aryl methyl sites for hydroxylation is 2. The van der Waals surface area contributed by atoms with Crippen molar-refractivity contribution in [3.05, 3.63) is 35.2 Å². The zero-order chi connectivity index (χ0) is 19.7. The maximum absolute atomic E-state index is 12.4. The maximum atomic E-state index is 12.4. The Bertz CT molecular complexity index is 884. The summed E-state index contributed by atoms with van der Waals surface area (Å²) in [7, 11) is 0. The number of hydrogen-bond donors (Lipinski definition) is 2. The van der Waals surface area contributed by atoms with E-state index in [2.05, 4.69) is 31.3 Å². The highest BCUT2D eigenvalue weighted by molar-refractivity contribution is 5.90. The quantitative estimate of drug-likeness (QED) is 0.748. The fraction of sp³-hybridized carbons (Fsp3) is 0.522. The van der Waals surface area contributed by atoms with Gasteiger partial charge in [-0.05, 0) is 48.8 Å². The van der Waals surface area contributed by atoms with E-state index in [4.69, 9.17) is 15.7 Å². The van der Waals surface area contributed by atoms with Crippen LogP contribution in [0.5, 0.6) is 0 Å². The Kier molecular flexibility index (Phi) is 5.33. The lowest BCUT2D eigenvalue weighted by Gasteiger charge is -2.22. The zero-order valence-electron chi connectivity index (χ0n) is 16.9. The molecule has 0 atom stereocenters. The molecule has 2 aromatic rings. The summed E-state index contributed by atoms with van der Waals surface area (Å²) >= 11 is 0. The number of nitrogens with two attached hydrogens (primary N) is 1. The van der Waals surface area contributed by atoms with Gasteiger partial charge in [0.05, 0.1) is 17.1 Å². The monoisotopic (exact) mass is 378 g/mol. The van der Waals surface area contributed by atoms with Gasteiger partial charge in [0, 0.05) is 17.7 Å². The number of carbonyl (C=O) groups is 1. The van der Waals surface area contributed by atoms with E-state index in [1.54, 1.807) is 0 Å². The lowest BCUT2D eigenvalue weighted by Crippen LogP contribution is -2.20. The first-order valence-corrected chi connectivity index (χ1v) is 10.6. The Labute approximate surface area is 167 Å². The summed E-state index contributed by atoms with van der Waals surface area (Å²) in [4.78, 5) is 22.4. The van der Waals surface area contributed by atoms with Crippen LogP contribution in [-0.4, -0.2) is 15.9 Å². The van der Waals surface area contributed by atoms with E-state index in [0.29, 0.717) is 24.1 Å². The number of fused-ring (bicyclic) bond motifs is 3. The van der Waals surface area contributed by atoms with Gasteiger partial charge in [-0.3, -0.25) is 4.79 Å². The van der Waals surface area contributed by atoms with Gasteiger partial charge in [0.15, 0.2) is 5.82 Å². The molecule has 2 aliphatic rings. The summed E-state index contributed by atoms with van der Waals surface area (Å²) in [6.45, 7) is 4.11.